The van der Waals surface area contributed by atoms with Gasteiger partial charge in [0.1, 0.15) is 6.04 Å². The molecule has 5 nitrogen and oxygen atoms in total. The Balaban J connectivity index is 1.58. The Hall–Kier alpha value is -2.43. The van der Waals surface area contributed by atoms with Gasteiger partial charge in [0.25, 0.3) is 0 Å². The maximum absolute atomic E-state index is 12.5. The zero-order chi connectivity index (χ0) is 18.0. The van der Waals surface area contributed by atoms with E-state index in [1.165, 1.54) is 16.0 Å². The standard InChI is InChI=1S/C20H24N2O3/c1-13-7-3-4-8-15(13)11-12-21-18(23)14(2)22-19(24)16-9-5-6-10-17(16)20(22)25/h3-8,14,16-17H,9-12H2,1-2H3,(H,21,23)/t14-,16-,17+/m0/s1. The van der Waals surface area contributed by atoms with Gasteiger partial charge in [-0.1, -0.05) is 36.4 Å². The summed E-state index contributed by atoms with van der Waals surface area (Å²) in [6, 6.07) is 7.28. The highest BCUT2D eigenvalue weighted by Gasteiger charge is 2.49. The maximum atomic E-state index is 12.5. The third kappa shape index (κ3) is 3.36. The number of benzene rings is 1. The molecule has 1 N–H and O–H groups in total. The molecule has 1 aliphatic heterocycles. The van der Waals surface area contributed by atoms with E-state index in [9.17, 15) is 14.4 Å². The van der Waals surface area contributed by atoms with Crippen LogP contribution in [-0.2, 0) is 20.8 Å². The molecule has 0 radical (unpaired) electrons. The molecule has 132 valence electrons. The maximum Gasteiger partial charge on any atom is 0.243 e. The fourth-order valence-electron chi connectivity index (χ4n) is 3.68. The monoisotopic (exact) mass is 340 g/mol. The van der Waals surface area contributed by atoms with Gasteiger partial charge in [-0.2, -0.15) is 0 Å². The molecular weight excluding hydrogens is 316 g/mol. The lowest BCUT2D eigenvalue weighted by Gasteiger charge is -2.22. The second kappa shape index (κ2) is 7.21. The summed E-state index contributed by atoms with van der Waals surface area (Å²) in [6.45, 7) is 4.15. The van der Waals surface area contributed by atoms with E-state index in [4.69, 9.17) is 0 Å². The van der Waals surface area contributed by atoms with Crippen LogP contribution in [0.3, 0.4) is 0 Å². The van der Waals surface area contributed by atoms with Crippen molar-refractivity contribution in [2.24, 2.45) is 11.8 Å². The lowest BCUT2D eigenvalue weighted by molar-refractivity contribution is -0.147. The molecule has 1 aliphatic carbocycles. The van der Waals surface area contributed by atoms with Crippen molar-refractivity contribution in [1.82, 2.24) is 10.2 Å². The highest BCUT2D eigenvalue weighted by Crippen LogP contribution is 2.36. The molecule has 3 amide bonds. The Labute approximate surface area is 148 Å². The molecule has 1 fully saturated rings. The van der Waals surface area contributed by atoms with E-state index < -0.39 is 6.04 Å². The van der Waals surface area contributed by atoms with Crippen LogP contribution in [0.5, 0.6) is 0 Å². The summed E-state index contributed by atoms with van der Waals surface area (Å²) in [5.41, 5.74) is 2.37. The van der Waals surface area contributed by atoms with Gasteiger partial charge in [-0.15, -0.1) is 0 Å². The number of fused-ring (bicyclic) bond motifs is 1. The summed E-state index contributed by atoms with van der Waals surface area (Å²) in [5, 5.41) is 2.86. The highest BCUT2D eigenvalue weighted by molar-refractivity contribution is 6.08. The van der Waals surface area contributed by atoms with Gasteiger partial charge >= 0.3 is 0 Å². The predicted molar refractivity (Wildman–Crippen MR) is 94.6 cm³/mol. The number of hydrogen-bond acceptors (Lipinski definition) is 3. The first kappa shape index (κ1) is 17.4. The number of carbonyl (C=O) groups is 3. The molecule has 5 heteroatoms. The average Bonchev–Trinajstić information content (AvgIpc) is 2.87. The van der Waals surface area contributed by atoms with Crippen molar-refractivity contribution in [3.05, 3.63) is 47.5 Å². The van der Waals surface area contributed by atoms with Crippen molar-refractivity contribution in [2.75, 3.05) is 6.54 Å². The Kier molecular flexibility index (Phi) is 5.02. The van der Waals surface area contributed by atoms with Gasteiger partial charge in [-0.05, 0) is 44.2 Å². The van der Waals surface area contributed by atoms with Gasteiger partial charge < -0.3 is 5.32 Å². The van der Waals surface area contributed by atoms with Gasteiger partial charge in [0.05, 0.1) is 11.8 Å². The Morgan fingerprint density at radius 2 is 1.76 bits per heavy atom. The number of nitrogens with one attached hydrogen (secondary N) is 1. The molecule has 1 aromatic carbocycles. The second-order valence-corrected chi connectivity index (χ2v) is 6.85. The molecule has 0 aromatic heterocycles. The molecule has 3 atom stereocenters. The van der Waals surface area contributed by atoms with Crippen molar-refractivity contribution >= 4 is 17.7 Å². The van der Waals surface area contributed by atoms with E-state index >= 15 is 0 Å². The molecule has 25 heavy (non-hydrogen) atoms. The lowest BCUT2D eigenvalue weighted by Crippen LogP contribution is -2.48. The smallest absolute Gasteiger partial charge is 0.243 e. The fraction of sp³-hybridized carbons (Fsp3) is 0.450. The number of allylic oxidation sites excluding steroid dienone is 2. The first-order valence-electron chi connectivity index (χ1n) is 8.85. The zero-order valence-electron chi connectivity index (χ0n) is 14.7. The van der Waals surface area contributed by atoms with Crippen molar-refractivity contribution in [1.29, 1.82) is 0 Å². The summed E-state index contributed by atoms with van der Waals surface area (Å²) >= 11 is 0. The summed E-state index contributed by atoms with van der Waals surface area (Å²) < 4.78 is 0. The van der Waals surface area contributed by atoms with E-state index in [2.05, 4.69) is 5.32 Å². The molecule has 0 saturated carbocycles. The number of aryl methyl sites for hydroxylation is 1. The van der Waals surface area contributed by atoms with Crippen molar-refractivity contribution in [3.8, 4) is 0 Å². The van der Waals surface area contributed by atoms with Gasteiger partial charge in [0, 0.05) is 6.54 Å². The molecule has 0 unspecified atom stereocenters. The lowest BCUT2D eigenvalue weighted by atomic mass is 9.85. The fourth-order valence-corrected chi connectivity index (χ4v) is 3.68. The predicted octanol–water partition coefficient (Wildman–Crippen LogP) is 1.99. The van der Waals surface area contributed by atoms with Gasteiger partial charge in [-0.25, -0.2) is 0 Å². The average molecular weight is 340 g/mol. The SMILES string of the molecule is Cc1ccccc1CCNC(=O)[C@H](C)N1C(=O)[C@H]2CC=CC[C@H]2C1=O. The third-order valence-corrected chi connectivity index (χ3v) is 5.26. The minimum Gasteiger partial charge on any atom is -0.354 e. The molecule has 3 rings (SSSR count). The Morgan fingerprint density at radius 1 is 1.16 bits per heavy atom. The molecule has 1 heterocycles. The Bertz CT molecular complexity index is 699. The first-order chi connectivity index (χ1) is 12.0. The van der Waals surface area contributed by atoms with Crippen LogP contribution in [0.25, 0.3) is 0 Å². The first-order valence-corrected chi connectivity index (χ1v) is 8.85. The summed E-state index contributed by atoms with van der Waals surface area (Å²) in [5.74, 6) is -1.27. The molecular formula is C20H24N2O3. The van der Waals surface area contributed by atoms with Crippen LogP contribution in [0.15, 0.2) is 36.4 Å². The van der Waals surface area contributed by atoms with Crippen LogP contribution in [-0.4, -0.2) is 35.2 Å². The van der Waals surface area contributed by atoms with E-state index in [-0.39, 0.29) is 29.6 Å². The minimum absolute atomic E-state index is 0.207. The topological polar surface area (TPSA) is 66.5 Å². The molecule has 0 spiro atoms. The van der Waals surface area contributed by atoms with Crippen molar-refractivity contribution in [2.45, 2.75) is 39.2 Å². The molecule has 1 aromatic rings. The number of amides is 3. The zero-order valence-corrected chi connectivity index (χ0v) is 14.7. The third-order valence-electron chi connectivity index (χ3n) is 5.26. The van der Waals surface area contributed by atoms with Crippen LogP contribution < -0.4 is 5.32 Å². The van der Waals surface area contributed by atoms with E-state index in [0.29, 0.717) is 19.4 Å². The summed E-state index contributed by atoms with van der Waals surface area (Å²) in [6.07, 6.45) is 5.80. The largest absolute Gasteiger partial charge is 0.354 e. The van der Waals surface area contributed by atoms with Crippen LogP contribution in [0, 0.1) is 18.8 Å². The van der Waals surface area contributed by atoms with Gasteiger partial charge in [0.15, 0.2) is 0 Å². The van der Waals surface area contributed by atoms with Crippen LogP contribution >= 0.6 is 0 Å². The summed E-state index contributed by atoms with van der Waals surface area (Å²) in [4.78, 5) is 38.7. The van der Waals surface area contributed by atoms with Crippen LogP contribution in [0.2, 0.25) is 0 Å². The molecule has 1 saturated heterocycles. The number of carbonyl (C=O) groups excluding carboxylic acids is 3. The Morgan fingerprint density at radius 3 is 2.36 bits per heavy atom. The number of rotatable bonds is 5. The molecule has 0 bridgehead atoms. The van der Waals surface area contributed by atoms with E-state index in [1.54, 1.807) is 6.92 Å². The van der Waals surface area contributed by atoms with E-state index in [1.807, 2.05) is 43.3 Å². The van der Waals surface area contributed by atoms with Crippen LogP contribution in [0.1, 0.15) is 30.9 Å². The number of hydrogen-bond donors (Lipinski definition) is 1. The molecule has 2 aliphatic rings. The summed E-state index contributed by atoms with van der Waals surface area (Å²) in [7, 11) is 0. The number of nitrogens with zero attached hydrogens (tertiary/aromatic N) is 1. The van der Waals surface area contributed by atoms with Gasteiger partial charge in [0.2, 0.25) is 17.7 Å². The van der Waals surface area contributed by atoms with Crippen molar-refractivity contribution in [3.63, 3.8) is 0 Å². The van der Waals surface area contributed by atoms with E-state index in [0.717, 1.165) is 6.42 Å². The van der Waals surface area contributed by atoms with Gasteiger partial charge in [-0.3, -0.25) is 19.3 Å². The van der Waals surface area contributed by atoms with Crippen LogP contribution in [0.4, 0.5) is 0 Å². The number of likely N-dealkylation sites (tertiary alicyclic amines) is 1. The highest BCUT2D eigenvalue weighted by atomic mass is 16.2. The minimum atomic E-state index is -0.762. The quantitative estimate of drug-likeness (QED) is 0.658. The normalized spacial score (nSPS) is 23.5. The van der Waals surface area contributed by atoms with Crippen molar-refractivity contribution < 1.29 is 14.4 Å². The second-order valence-electron chi connectivity index (χ2n) is 6.85. The number of imide groups is 1.